The Bertz CT molecular complexity index is 484. The number of alkyl halides is 3. The number of hydrogen-bond acceptors (Lipinski definition) is 1. The third-order valence-electron chi connectivity index (χ3n) is 4.42. The van der Waals surface area contributed by atoms with E-state index in [2.05, 4.69) is 12.2 Å². The van der Waals surface area contributed by atoms with Crippen LogP contribution in [0.15, 0.2) is 18.2 Å². The molecule has 1 saturated carbocycles. The summed E-state index contributed by atoms with van der Waals surface area (Å²) in [5.41, 5.74) is -0.658. The summed E-state index contributed by atoms with van der Waals surface area (Å²) in [4.78, 5) is 0. The van der Waals surface area contributed by atoms with E-state index in [-0.39, 0.29) is 17.5 Å². The van der Waals surface area contributed by atoms with E-state index in [1.54, 1.807) is 7.05 Å². The van der Waals surface area contributed by atoms with Gasteiger partial charge in [-0.05, 0) is 49.9 Å². The van der Waals surface area contributed by atoms with Gasteiger partial charge in [0.05, 0.1) is 5.56 Å². The van der Waals surface area contributed by atoms with Gasteiger partial charge < -0.3 is 5.32 Å². The maximum absolute atomic E-state index is 14.0. The molecule has 1 aliphatic carbocycles. The average molecular weight is 303 g/mol. The van der Waals surface area contributed by atoms with Crippen molar-refractivity contribution in [3.8, 4) is 0 Å². The molecular formula is C16H21F4N. The third kappa shape index (κ3) is 3.76. The van der Waals surface area contributed by atoms with Crippen molar-refractivity contribution in [1.82, 2.24) is 5.32 Å². The van der Waals surface area contributed by atoms with Crippen molar-refractivity contribution in [2.24, 2.45) is 11.8 Å². The summed E-state index contributed by atoms with van der Waals surface area (Å²) < 4.78 is 52.5. The highest BCUT2D eigenvalue weighted by Crippen LogP contribution is 2.39. The molecule has 0 heterocycles. The van der Waals surface area contributed by atoms with Gasteiger partial charge in [-0.3, -0.25) is 0 Å². The van der Waals surface area contributed by atoms with Crippen LogP contribution in [0.2, 0.25) is 0 Å². The normalized spacial score (nSPS) is 24.9. The highest BCUT2D eigenvalue weighted by Gasteiger charge is 2.34. The minimum absolute atomic E-state index is 0.131. The molecule has 0 radical (unpaired) electrons. The lowest BCUT2D eigenvalue weighted by Crippen LogP contribution is -2.30. The molecule has 5 heteroatoms. The molecule has 3 unspecified atom stereocenters. The molecule has 1 fully saturated rings. The molecule has 1 aromatic carbocycles. The predicted octanol–water partition coefficient (Wildman–Crippen LogP) is 4.93. The highest BCUT2D eigenvalue weighted by atomic mass is 19.4. The van der Waals surface area contributed by atoms with E-state index in [1.165, 1.54) is 0 Å². The van der Waals surface area contributed by atoms with Crippen molar-refractivity contribution in [2.75, 3.05) is 7.05 Å². The van der Waals surface area contributed by atoms with Crippen LogP contribution in [0.3, 0.4) is 0 Å². The van der Waals surface area contributed by atoms with Crippen LogP contribution >= 0.6 is 0 Å². The largest absolute Gasteiger partial charge is 0.416 e. The minimum atomic E-state index is -4.44. The number of hydrogen-bond donors (Lipinski definition) is 1. The fraction of sp³-hybridized carbons (Fsp3) is 0.625. The Morgan fingerprint density at radius 1 is 1.24 bits per heavy atom. The van der Waals surface area contributed by atoms with Gasteiger partial charge in [-0.15, -0.1) is 0 Å². The maximum Gasteiger partial charge on any atom is 0.416 e. The summed E-state index contributed by atoms with van der Waals surface area (Å²) in [6, 6.07) is 2.31. The number of rotatable bonds is 3. The summed E-state index contributed by atoms with van der Waals surface area (Å²) in [6.07, 6.45) is -0.421. The lowest BCUT2D eigenvalue weighted by atomic mass is 9.76. The lowest BCUT2D eigenvalue weighted by Gasteiger charge is -2.33. The van der Waals surface area contributed by atoms with Crippen molar-refractivity contribution >= 4 is 0 Å². The van der Waals surface area contributed by atoms with Crippen LogP contribution in [-0.2, 0) is 6.18 Å². The second-order valence-corrected chi connectivity index (χ2v) is 6.03. The first-order chi connectivity index (χ1) is 9.82. The van der Waals surface area contributed by atoms with Crippen molar-refractivity contribution < 1.29 is 17.6 Å². The zero-order valence-corrected chi connectivity index (χ0v) is 12.3. The highest BCUT2D eigenvalue weighted by molar-refractivity contribution is 5.30. The van der Waals surface area contributed by atoms with Crippen LogP contribution in [0.1, 0.15) is 49.8 Å². The quantitative estimate of drug-likeness (QED) is 0.781. The Labute approximate surface area is 122 Å². The average Bonchev–Trinajstić information content (AvgIpc) is 2.40. The van der Waals surface area contributed by atoms with E-state index in [1.807, 2.05) is 0 Å². The molecule has 0 bridgehead atoms. The SMILES string of the molecule is CNC(c1cc(C(F)(F)F)ccc1F)C1CCCC(C)C1. The first kappa shape index (κ1) is 16.3. The van der Waals surface area contributed by atoms with E-state index in [0.717, 1.165) is 43.9 Å². The third-order valence-corrected chi connectivity index (χ3v) is 4.42. The zero-order valence-electron chi connectivity index (χ0n) is 12.3. The van der Waals surface area contributed by atoms with Gasteiger partial charge in [-0.1, -0.05) is 19.8 Å². The van der Waals surface area contributed by atoms with E-state index in [0.29, 0.717) is 5.92 Å². The van der Waals surface area contributed by atoms with Gasteiger partial charge in [-0.2, -0.15) is 13.2 Å². The Kier molecular flexibility index (Phi) is 4.91. The minimum Gasteiger partial charge on any atom is -0.313 e. The van der Waals surface area contributed by atoms with E-state index in [9.17, 15) is 17.6 Å². The van der Waals surface area contributed by atoms with Crippen molar-refractivity contribution in [3.05, 3.63) is 35.1 Å². The van der Waals surface area contributed by atoms with Crippen LogP contribution in [-0.4, -0.2) is 7.05 Å². The molecule has 0 aliphatic heterocycles. The summed E-state index contributed by atoms with van der Waals surface area (Å²) >= 11 is 0. The van der Waals surface area contributed by atoms with Gasteiger partial charge >= 0.3 is 6.18 Å². The Hall–Kier alpha value is -1.10. The molecule has 3 atom stereocenters. The molecule has 1 aromatic rings. The molecule has 21 heavy (non-hydrogen) atoms. The van der Waals surface area contributed by atoms with E-state index < -0.39 is 17.6 Å². The van der Waals surface area contributed by atoms with Gasteiger partial charge in [-0.25, -0.2) is 4.39 Å². The van der Waals surface area contributed by atoms with Crippen LogP contribution in [0.25, 0.3) is 0 Å². The molecule has 0 aromatic heterocycles. The number of benzene rings is 1. The molecule has 118 valence electrons. The summed E-state index contributed by atoms with van der Waals surface area (Å²) in [5.74, 6) is 0.144. The van der Waals surface area contributed by atoms with E-state index in [4.69, 9.17) is 0 Å². The Morgan fingerprint density at radius 3 is 2.52 bits per heavy atom. The molecule has 1 nitrogen and oxygen atoms in total. The second-order valence-electron chi connectivity index (χ2n) is 6.03. The molecular weight excluding hydrogens is 282 g/mol. The first-order valence-corrected chi connectivity index (χ1v) is 7.36. The monoisotopic (exact) mass is 303 g/mol. The number of nitrogens with one attached hydrogen (secondary N) is 1. The second kappa shape index (κ2) is 6.34. The van der Waals surface area contributed by atoms with Gasteiger partial charge in [0.25, 0.3) is 0 Å². The molecule has 0 spiro atoms. The van der Waals surface area contributed by atoms with Gasteiger partial charge in [0.15, 0.2) is 0 Å². The summed E-state index contributed by atoms with van der Waals surface area (Å²) in [5, 5.41) is 3.02. The van der Waals surface area contributed by atoms with Crippen LogP contribution in [0, 0.1) is 17.7 Å². The molecule has 1 N–H and O–H groups in total. The van der Waals surface area contributed by atoms with Crippen LogP contribution in [0.5, 0.6) is 0 Å². The smallest absolute Gasteiger partial charge is 0.313 e. The summed E-state index contributed by atoms with van der Waals surface area (Å²) in [7, 11) is 1.68. The molecule has 0 saturated heterocycles. The molecule has 2 rings (SSSR count). The van der Waals surface area contributed by atoms with E-state index >= 15 is 0 Å². The van der Waals surface area contributed by atoms with Gasteiger partial charge in [0.1, 0.15) is 5.82 Å². The van der Waals surface area contributed by atoms with Gasteiger partial charge in [0, 0.05) is 11.6 Å². The van der Waals surface area contributed by atoms with Gasteiger partial charge in [0.2, 0.25) is 0 Å². The van der Waals surface area contributed by atoms with Crippen LogP contribution < -0.4 is 5.32 Å². The maximum atomic E-state index is 14.0. The summed E-state index contributed by atoms with van der Waals surface area (Å²) in [6.45, 7) is 2.14. The van der Waals surface area contributed by atoms with Crippen molar-refractivity contribution in [3.63, 3.8) is 0 Å². The predicted molar refractivity (Wildman–Crippen MR) is 74.3 cm³/mol. The topological polar surface area (TPSA) is 12.0 Å². The molecule has 0 amide bonds. The number of halogens is 4. The zero-order chi connectivity index (χ0) is 15.6. The Balaban J connectivity index is 2.32. The first-order valence-electron chi connectivity index (χ1n) is 7.36. The van der Waals surface area contributed by atoms with Crippen LogP contribution in [0.4, 0.5) is 17.6 Å². The standard InChI is InChI=1S/C16H21F4N/c1-10-4-3-5-11(8-10)15(21-2)13-9-12(16(18,19)20)6-7-14(13)17/h6-7,9-11,15,21H,3-5,8H2,1-2H3. The Morgan fingerprint density at radius 2 is 1.95 bits per heavy atom. The molecule has 1 aliphatic rings. The fourth-order valence-corrected chi connectivity index (χ4v) is 3.39. The lowest BCUT2D eigenvalue weighted by molar-refractivity contribution is -0.137. The van der Waals surface area contributed by atoms with Crippen molar-refractivity contribution in [1.29, 1.82) is 0 Å². The van der Waals surface area contributed by atoms with Crippen molar-refractivity contribution in [2.45, 2.75) is 44.8 Å². The fourth-order valence-electron chi connectivity index (χ4n) is 3.39.